The molecule has 0 N–H and O–H groups in total. The first-order valence-electron chi connectivity index (χ1n) is 15.1. The SMILES string of the molecule is Cc1cc2c(-c3ccccc3)ccccc-2[c]1[Zr]([Cl])([Cl])([AlH][c]1ccccc1)[c]1c(C)cc2c(-c3ccccc3)ccccc1-2. The topological polar surface area (TPSA) is 0 Å². The Bertz CT molecular complexity index is 1910. The van der Waals surface area contributed by atoms with Gasteiger partial charge in [-0.2, -0.15) is 0 Å². The molecule has 0 unspecified atom stereocenters. The van der Waals surface area contributed by atoms with Crippen LogP contribution in [-0.2, 0) is 13.9 Å². The van der Waals surface area contributed by atoms with Gasteiger partial charge in [-0.05, 0) is 0 Å². The molecule has 3 aromatic rings. The second-order valence-electron chi connectivity index (χ2n) is 11.9. The molecule has 0 amide bonds. The first-order valence-corrected chi connectivity index (χ1v) is 30.5. The van der Waals surface area contributed by atoms with Gasteiger partial charge in [-0.3, -0.25) is 0 Å². The molecule has 213 valence electrons. The van der Waals surface area contributed by atoms with Gasteiger partial charge in [0.05, 0.1) is 0 Å². The van der Waals surface area contributed by atoms with Crippen molar-refractivity contribution in [1.29, 1.82) is 0 Å². The third kappa shape index (κ3) is 5.12. The molecule has 7 rings (SSSR count). The Kier molecular flexibility index (Phi) is 7.96. The summed E-state index contributed by atoms with van der Waals surface area (Å²) >= 11 is -6.30. The van der Waals surface area contributed by atoms with Crippen LogP contribution in [0, 0.1) is 13.8 Å². The van der Waals surface area contributed by atoms with Crippen molar-refractivity contribution in [1.82, 2.24) is 0 Å². The van der Waals surface area contributed by atoms with Crippen molar-refractivity contribution in [3.63, 3.8) is 0 Å². The van der Waals surface area contributed by atoms with Gasteiger partial charge in [0.15, 0.2) is 0 Å². The van der Waals surface area contributed by atoms with E-state index in [1.807, 2.05) is 0 Å². The van der Waals surface area contributed by atoms with Crippen LogP contribution in [0.1, 0.15) is 11.1 Å². The molecule has 4 aliphatic rings. The summed E-state index contributed by atoms with van der Waals surface area (Å²) in [5.74, 6) is 0. The van der Waals surface area contributed by atoms with Crippen molar-refractivity contribution in [2.45, 2.75) is 13.8 Å². The van der Waals surface area contributed by atoms with E-state index in [9.17, 15) is 0 Å². The fraction of sp³-hybridized carbons (Fsp3) is 0.0500. The van der Waals surface area contributed by atoms with E-state index in [4.69, 9.17) is 17.0 Å². The van der Waals surface area contributed by atoms with Gasteiger partial charge >= 0.3 is 275 Å². The Morgan fingerprint density at radius 3 is 1.16 bits per heavy atom. The van der Waals surface area contributed by atoms with E-state index in [1.165, 1.54) is 66.6 Å². The average molecular weight is 702 g/mol. The fourth-order valence-corrected chi connectivity index (χ4v) is 43.9. The number of fused-ring (bicyclic) bond motifs is 2. The van der Waals surface area contributed by atoms with Gasteiger partial charge in [0.25, 0.3) is 0 Å². The Balaban J connectivity index is 1.54. The molecule has 0 bridgehead atoms. The summed E-state index contributed by atoms with van der Waals surface area (Å²) < 4.78 is 3.71. The van der Waals surface area contributed by atoms with Crippen molar-refractivity contribution in [3.05, 3.63) is 163 Å². The molecular formula is C40H32AlCl2Zr. The summed E-state index contributed by atoms with van der Waals surface area (Å²) in [6, 6.07) is 54.2. The van der Waals surface area contributed by atoms with Crippen LogP contribution in [-0.4, -0.2) is 11.5 Å². The first kappa shape index (κ1) is 29.7. The Morgan fingerprint density at radius 1 is 0.409 bits per heavy atom. The standard InChI is InChI=1S/2C17H13.C6H5.Al.2ClH.Zr.H/c2*1-13-11-15-9-5-6-10-16(17(15)12-13)14-7-3-2-4-8-14;1-2-4-6-5-3-1;;;;;/h2*2-10,12H,1H3;1-5H;;2*1H;;/q;;;;;;+2;/p-2. The first-order chi connectivity index (χ1) is 21.3. The van der Waals surface area contributed by atoms with Crippen LogP contribution < -0.4 is 11.0 Å². The van der Waals surface area contributed by atoms with Crippen LogP contribution in [0.15, 0.2) is 152 Å². The number of benzene rings is 3. The molecule has 4 heteroatoms. The molecule has 0 nitrogen and oxygen atoms in total. The van der Waals surface area contributed by atoms with E-state index >= 15 is 0 Å². The molecule has 44 heavy (non-hydrogen) atoms. The molecule has 0 heterocycles. The summed E-state index contributed by atoms with van der Waals surface area (Å²) in [7, 11) is 17.1. The van der Waals surface area contributed by atoms with E-state index in [1.54, 1.807) is 0 Å². The average Bonchev–Trinajstić information content (AvgIpc) is 3.37. The van der Waals surface area contributed by atoms with E-state index in [-0.39, 0.29) is 0 Å². The Hall–Kier alpha value is -2.94. The number of hydrogen-bond acceptors (Lipinski definition) is 0. The van der Waals surface area contributed by atoms with Crippen LogP contribution in [0.25, 0.3) is 44.5 Å². The third-order valence-corrected chi connectivity index (χ3v) is 39.6. The summed E-state index contributed by atoms with van der Waals surface area (Å²) in [5, 5.41) is 0. The molecule has 3 aromatic carbocycles. The Labute approximate surface area is 272 Å². The zero-order valence-corrected chi connectivity index (χ0v) is 30.3. The maximum absolute atomic E-state index is 8.55. The van der Waals surface area contributed by atoms with E-state index in [0.29, 0.717) is 0 Å². The molecular weight excluding hydrogens is 670 g/mol. The number of aryl methyl sites for hydroxylation is 2. The normalized spacial score (nSPS) is 12.6. The summed E-state index contributed by atoms with van der Waals surface area (Å²) in [5.41, 5.74) is 12.0. The van der Waals surface area contributed by atoms with Gasteiger partial charge in [-0.1, -0.05) is 0 Å². The van der Waals surface area contributed by atoms with Crippen molar-refractivity contribution < 1.29 is 13.9 Å². The molecule has 0 spiro atoms. The van der Waals surface area contributed by atoms with Gasteiger partial charge in [-0.25, -0.2) is 0 Å². The van der Waals surface area contributed by atoms with Crippen LogP contribution >= 0.6 is 17.0 Å². The summed E-state index contributed by atoms with van der Waals surface area (Å²) in [6.07, 6.45) is 0. The molecule has 0 atom stereocenters. The quantitative estimate of drug-likeness (QED) is 0.152. The third-order valence-electron chi connectivity index (χ3n) is 8.99. The van der Waals surface area contributed by atoms with Crippen LogP contribution in [0.2, 0.25) is 0 Å². The van der Waals surface area contributed by atoms with Crippen molar-refractivity contribution in [3.8, 4) is 44.5 Å². The zero-order valence-electron chi connectivity index (χ0n) is 24.9. The molecule has 0 saturated carbocycles. The number of halogens is 2. The van der Waals surface area contributed by atoms with Crippen LogP contribution in [0.5, 0.6) is 0 Å². The van der Waals surface area contributed by atoms with Crippen molar-refractivity contribution in [2.75, 3.05) is 0 Å². The van der Waals surface area contributed by atoms with Gasteiger partial charge in [0, 0.05) is 0 Å². The predicted octanol–water partition coefficient (Wildman–Crippen LogP) is 9.47. The van der Waals surface area contributed by atoms with Gasteiger partial charge in [0.1, 0.15) is 0 Å². The molecule has 0 fully saturated rings. The number of hydrogen-bond donors (Lipinski definition) is 0. The van der Waals surface area contributed by atoms with Crippen molar-refractivity contribution >= 4 is 39.5 Å². The zero-order chi connectivity index (χ0) is 30.3. The molecule has 0 aromatic heterocycles. The van der Waals surface area contributed by atoms with E-state index in [2.05, 4.69) is 166 Å². The van der Waals surface area contributed by atoms with E-state index in [0.717, 1.165) is 0 Å². The summed E-state index contributed by atoms with van der Waals surface area (Å²) in [6.45, 7) is 4.44. The molecule has 4 aliphatic carbocycles. The summed E-state index contributed by atoms with van der Waals surface area (Å²) in [4.78, 5) is 0. The second kappa shape index (κ2) is 11.8. The second-order valence-corrected chi connectivity index (χ2v) is 48.7. The molecule has 0 saturated heterocycles. The number of rotatable bonds is 6. The van der Waals surface area contributed by atoms with Crippen LogP contribution in [0.3, 0.4) is 0 Å². The monoisotopic (exact) mass is 699 g/mol. The minimum atomic E-state index is -5.10. The van der Waals surface area contributed by atoms with Gasteiger partial charge < -0.3 is 0 Å². The minimum absolute atomic E-state index is 1.18. The fourth-order valence-electron chi connectivity index (χ4n) is 7.30. The van der Waals surface area contributed by atoms with Gasteiger partial charge in [0.2, 0.25) is 0 Å². The molecule has 0 aliphatic heterocycles. The van der Waals surface area contributed by atoms with Gasteiger partial charge in [-0.15, -0.1) is 0 Å². The predicted molar refractivity (Wildman–Crippen MR) is 191 cm³/mol. The molecule has 0 radical (unpaired) electrons. The Morgan fingerprint density at radius 2 is 0.750 bits per heavy atom. The van der Waals surface area contributed by atoms with Crippen molar-refractivity contribution in [2.24, 2.45) is 0 Å². The van der Waals surface area contributed by atoms with E-state index < -0.39 is 25.4 Å². The van der Waals surface area contributed by atoms with Crippen LogP contribution in [0.4, 0.5) is 0 Å². The maximum atomic E-state index is 8.55.